The maximum atomic E-state index is 8.80. The summed E-state index contributed by atoms with van der Waals surface area (Å²) in [6, 6.07) is 10.3. The van der Waals surface area contributed by atoms with Crippen molar-refractivity contribution in [3.05, 3.63) is 41.9 Å². The van der Waals surface area contributed by atoms with Gasteiger partial charge in [0.15, 0.2) is 0 Å². The second-order valence-corrected chi connectivity index (χ2v) is 6.19. The Hall–Kier alpha value is -1.30. The molecule has 1 N–H and O–H groups in total. The number of ether oxygens (including phenoxy) is 1. The van der Waals surface area contributed by atoms with E-state index in [9.17, 15) is 0 Å². The molecule has 1 heterocycles. The predicted molar refractivity (Wildman–Crippen MR) is 84.6 cm³/mol. The molecule has 0 aliphatic rings. The van der Waals surface area contributed by atoms with Crippen LogP contribution in [-0.4, -0.2) is 27.9 Å². The van der Waals surface area contributed by atoms with E-state index in [2.05, 4.69) is 30.5 Å². The van der Waals surface area contributed by atoms with Crippen LogP contribution in [0.15, 0.2) is 40.3 Å². The zero-order valence-electron chi connectivity index (χ0n) is 12.7. The largest absolute Gasteiger partial charge is 0.394 e. The Balaban J connectivity index is 2.25. The molecule has 0 radical (unpaired) electrons. The molecule has 5 heteroatoms. The van der Waals surface area contributed by atoms with E-state index in [1.54, 1.807) is 11.8 Å². The van der Waals surface area contributed by atoms with Gasteiger partial charge in [-0.25, -0.2) is 4.98 Å². The number of aliphatic hydroxyl groups excluding tert-OH is 1. The van der Waals surface area contributed by atoms with Gasteiger partial charge in [-0.3, -0.25) is 0 Å². The van der Waals surface area contributed by atoms with Crippen LogP contribution in [0.25, 0.3) is 0 Å². The zero-order chi connectivity index (χ0) is 15.2. The molecule has 1 aromatic heterocycles. The Morgan fingerprint density at radius 1 is 1.29 bits per heavy atom. The van der Waals surface area contributed by atoms with Crippen LogP contribution in [0.1, 0.15) is 31.3 Å². The third kappa shape index (κ3) is 4.09. The van der Waals surface area contributed by atoms with Crippen LogP contribution in [0, 0.1) is 0 Å². The van der Waals surface area contributed by atoms with E-state index in [0.717, 1.165) is 16.5 Å². The van der Waals surface area contributed by atoms with Crippen molar-refractivity contribution in [2.24, 2.45) is 7.05 Å². The SMILES string of the molecule is CC(C)c1nc(COCCO)n(C)c1Sc1ccccc1. The van der Waals surface area contributed by atoms with Crippen molar-refractivity contribution in [1.82, 2.24) is 9.55 Å². The molecule has 0 saturated heterocycles. The van der Waals surface area contributed by atoms with Gasteiger partial charge in [0.1, 0.15) is 17.5 Å². The third-order valence-electron chi connectivity index (χ3n) is 3.13. The molecule has 0 atom stereocenters. The first-order valence-electron chi connectivity index (χ1n) is 7.10. The number of aromatic nitrogens is 2. The van der Waals surface area contributed by atoms with Gasteiger partial charge in [-0.1, -0.05) is 43.8 Å². The van der Waals surface area contributed by atoms with E-state index >= 15 is 0 Å². The fraction of sp³-hybridized carbons (Fsp3) is 0.438. The molecule has 0 spiro atoms. The molecule has 0 amide bonds. The molecule has 0 aliphatic heterocycles. The first kappa shape index (κ1) is 16.1. The topological polar surface area (TPSA) is 47.3 Å². The highest BCUT2D eigenvalue weighted by Crippen LogP contribution is 2.34. The van der Waals surface area contributed by atoms with Crippen molar-refractivity contribution in [3.8, 4) is 0 Å². The highest BCUT2D eigenvalue weighted by atomic mass is 32.2. The number of hydrogen-bond acceptors (Lipinski definition) is 4. The van der Waals surface area contributed by atoms with Gasteiger partial charge in [0, 0.05) is 11.9 Å². The first-order valence-corrected chi connectivity index (χ1v) is 7.92. The Morgan fingerprint density at radius 2 is 2.00 bits per heavy atom. The molecule has 0 unspecified atom stereocenters. The summed E-state index contributed by atoms with van der Waals surface area (Å²) >= 11 is 1.72. The van der Waals surface area contributed by atoms with E-state index in [4.69, 9.17) is 14.8 Å². The third-order valence-corrected chi connectivity index (χ3v) is 4.32. The van der Waals surface area contributed by atoms with Crippen molar-refractivity contribution in [2.45, 2.75) is 36.3 Å². The standard InChI is InChI=1S/C16H22N2O2S/c1-12(2)15-16(21-13-7-5-4-6-8-13)18(3)14(17-15)11-20-10-9-19/h4-8,12,19H,9-11H2,1-3H3. The number of nitrogens with zero attached hydrogens (tertiary/aromatic N) is 2. The summed E-state index contributed by atoms with van der Waals surface area (Å²) in [5.74, 6) is 1.25. The molecule has 0 bridgehead atoms. The second kappa shape index (κ2) is 7.64. The average Bonchev–Trinajstić information content (AvgIpc) is 2.78. The molecule has 0 fully saturated rings. The minimum atomic E-state index is 0.0348. The average molecular weight is 306 g/mol. The number of imidazole rings is 1. The maximum Gasteiger partial charge on any atom is 0.135 e. The van der Waals surface area contributed by atoms with Crippen molar-refractivity contribution in [3.63, 3.8) is 0 Å². The number of aliphatic hydroxyl groups is 1. The molecule has 21 heavy (non-hydrogen) atoms. The summed E-state index contributed by atoms with van der Waals surface area (Å²) in [6.07, 6.45) is 0. The van der Waals surface area contributed by atoms with Gasteiger partial charge in [-0.2, -0.15) is 0 Å². The van der Waals surface area contributed by atoms with Gasteiger partial charge in [0.05, 0.1) is 18.9 Å². The Bertz CT molecular complexity index is 567. The molecule has 4 nitrogen and oxygen atoms in total. The summed E-state index contributed by atoms with van der Waals surface area (Å²) in [6.45, 7) is 5.09. The van der Waals surface area contributed by atoms with Crippen LogP contribution in [0.2, 0.25) is 0 Å². The lowest BCUT2D eigenvalue weighted by Gasteiger charge is -2.08. The zero-order valence-corrected chi connectivity index (χ0v) is 13.6. The van der Waals surface area contributed by atoms with E-state index in [1.165, 1.54) is 4.90 Å². The summed E-state index contributed by atoms with van der Waals surface area (Å²) in [5, 5.41) is 9.95. The minimum absolute atomic E-state index is 0.0348. The monoisotopic (exact) mass is 306 g/mol. The Kier molecular flexibility index (Phi) is 5.85. The van der Waals surface area contributed by atoms with E-state index in [0.29, 0.717) is 19.1 Å². The van der Waals surface area contributed by atoms with Crippen LogP contribution in [0.5, 0.6) is 0 Å². The van der Waals surface area contributed by atoms with Gasteiger partial charge >= 0.3 is 0 Å². The lowest BCUT2D eigenvalue weighted by Crippen LogP contribution is -2.04. The van der Waals surface area contributed by atoms with Crippen molar-refractivity contribution < 1.29 is 9.84 Å². The highest BCUT2D eigenvalue weighted by Gasteiger charge is 2.18. The van der Waals surface area contributed by atoms with Gasteiger partial charge in [-0.05, 0) is 18.1 Å². The fourth-order valence-corrected chi connectivity index (χ4v) is 3.15. The fourth-order valence-electron chi connectivity index (χ4n) is 2.00. The van der Waals surface area contributed by atoms with Crippen LogP contribution in [0.4, 0.5) is 0 Å². The van der Waals surface area contributed by atoms with E-state index in [-0.39, 0.29) is 6.61 Å². The Labute approximate surface area is 130 Å². The summed E-state index contributed by atoms with van der Waals surface area (Å²) in [7, 11) is 2.02. The smallest absolute Gasteiger partial charge is 0.135 e. The second-order valence-electron chi connectivity index (χ2n) is 5.12. The van der Waals surface area contributed by atoms with Gasteiger partial charge in [0.2, 0.25) is 0 Å². The van der Waals surface area contributed by atoms with Crippen LogP contribution >= 0.6 is 11.8 Å². The first-order chi connectivity index (χ1) is 10.1. The van der Waals surface area contributed by atoms with Gasteiger partial charge in [-0.15, -0.1) is 0 Å². The number of hydrogen-bond donors (Lipinski definition) is 1. The van der Waals surface area contributed by atoms with Crippen molar-refractivity contribution in [2.75, 3.05) is 13.2 Å². The highest BCUT2D eigenvalue weighted by molar-refractivity contribution is 7.99. The molecule has 1 aromatic carbocycles. The maximum absolute atomic E-state index is 8.80. The van der Waals surface area contributed by atoms with Crippen LogP contribution in [0.3, 0.4) is 0 Å². The number of rotatable bonds is 7. The van der Waals surface area contributed by atoms with Crippen LogP contribution < -0.4 is 0 Å². The molecule has 2 aromatic rings. The quantitative estimate of drug-likeness (QED) is 0.798. The van der Waals surface area contributed by atoms with Crippen molar-refractivity contribution >= 4 is 11.8 Å². The molecular weight excluding hydrogens is 284 g/mol. The van der Waals surface area contributed by atoms with Gasteiger partial charge in [0.25, 0.3) is 0 Å². The molecule has 0 saturated carbocycles. The molecule has 114 valence electrons. The van der Waals surface area contributed by atoms with E-state index in [1.807, 2.05) is 25.2 Å². The van der Waals surface area contributed by atoms with Crippen molar-refractivity contribution in [1.29, 1.82) is 0 Å². The lowest BCUT2D eigenvalue weighted by atomic mass is 10.2. The molecule has 0 aliphatic carbocycles. The summed E-state index contributed by atoms with van der Waals surface area (Å²) in [4.78, 5) is 5.91. The molecular formula is C16H22N2O2S. The lowest BCUT2D eigenvalue weighted by molar-refractivity contribution is 0.0762. The number of benzene rings is 1. The van der Waals surface area contributed by atoms with Crippen LogP contribution in [-0.2, 0) is 18.4 Å². The summed E-state index contributed by atoms with van der Waals surface area (Å²) < 4.78 is 7.49. The minimum Gasteiger partial charge on any atom is -0.394 e. The predicted octanol–water partition coefficient (Wildman–Crippen LogP) is 3.20. The Morgan fingerprint density at radius 3 is 2.62 bits per heavy atom. The van der Waals surface area contributed by atoms with E-state index < -0.39 is 0 Å². The summed E-state index contributed by atoms with van der Waals surface area (Å²) in [5.41, 5.74) is 1.09. The normalized spacial score (nSPS) is 11.3. The van der Waals surface area contributed by atoms with Gasteiger partial charge < -0.3 is 14.4 Å². The molecule has 2 rings (SSSR count).